The molecule has 0 aliphatic heterocycles. The van der Waals surface area contributed by atoms with Crippen molar-refractivity contribution in [2.75, 3.05) is 20.1 Å². The van der Waals surface area contributed by atoms with Gasteiger partial charge < -0.3 is 4.90 Å². The van der Waals surface area contributed by atoms with Crippen LogP contribution in [0.4, 0.5) is 0 Å². The summed E-state index contributed by atoms with van der Waals surface area (Å²) in [6.07, 6.45) is 5.10. The Morgan fingerprint density at radius 1 is 1.47 bits per heavy atom. The number of likely N-dealkylation sites (N-methyl/N-ethyl adjacent to an activating group) is 1. The van der Waals surface area contributed by atoms with E-state index in [1.54, 1.807) is 11.9 Å². The molecule has 0 saturated heterocycles. The molecule has 0 bridgehead atoms. The first-order valence-electron chi connectivity index (χ1n) is 5.57. The van der Waals surface area contributed by atoms with Crippen LogP contribution in [0.25, 0.3) is 0 Å². The Bertz CT molecular complexity index is 420. The van der Waals surface area contributed by atoms with Crippen LogP contribution >= 0.6 is 0 Å². The average molecular weight is 230 g/mol. The molecule has 1 amide bonds. The van der Waals surface area contributed by atoms with Gasteiger partial charge in [-0.3, -0.25) is 10.1 Å². The summed E-state index contributed by atoms with van der Waals surface area (Å²) in [7, 11) is 1.80. The van der Waals surface area contributed by atoms with E-state index in [0.29, 0.717) is 13.1 Å². The Morgan fingerprint density at radius 3 is 2.82 bits per heavy atom. The summed E-state index contributed by atoms with van der Waals surface area (Å²) in [6.45, 7) is 3.38. The topological polar surface area (TPSA) is 32.3 Å². The molecule has 0 radical (unpaired) electrons. The monoisotopic (exact) mass is 230 g/mol. The smallest absolute Gasteiger partial charge is 0.236 e. The van der Waals surface area contributed by atoms with E-state index in [-0.39, 0.29) is 12.5 Å². The van der Waals surface area contributed by atoms with Crippen molar-refractivity contribution in [1.82, 2.24) is 10.2 Å². The van der Waals surface area contributed by atoms with E-state index in [9.17, 15) is 4.79 Å². The largest absolute Gasteiger partial charge is 0.340 e. The highest BCUT2D eigenvalue weighted by Gasteiger charge is 2.09. The van der Waals surface area contributed by atoms with Gasteiger partial charge in [0.15, 0.2) is 0 Å². The second kappa shape index (κ2) is 6.72. The molecule has 0 aromatic heterocycles. The molecule has 1 aromatic carbocycles. The van der Waals surface area contributed by atoms with Crippen molar-refractivity contribution < 1.29 is 4.79 Å². The van der Waals surface area contributed by atoms with Crippen LogP contribution in [-0.4, -0.2) is 30.9 Å². The van der Waals surface area contributed by atoms with Crippen molar-refractivity contribution in [3.05, 3.63) is 35.4 Å². The maximum Gasteiger partial charge on any atom is 0.236 e. The van der Waals surface area contributed by atoms with Gasteiger partial charge in [0, 0.05) is 13.6 Å². The van der Waals surface area contributed by atoms with Crippen molar-refractivity contribution in [2.24, 2.45) is 0 Å². The van der Waals surface area contributed by atoms with Crippen molar-refractivity contribution in [3.63, 3.8) is 0 Å². The molecule has 0 saturated carbocycles. The molecular formula is C14H18N2O. The third-order valence-corrected chi connectivity index (χ3v) is 2.60. The third-order valence-electron chi connectivity index (χ3n) is 2.60. The van der Waals surface area contributed by atoms with Gasteiger partial charge >= 0.3 is 0 Å². The van der Waals surface area contributed by atoms with E-state index in [1.165, 1.54) is 11.1 Å². The first kappa shape index (κ1) is 13.3. The second-order valence-corrected chi connectivity index (χ2v) is 3.98. The van der Waals surface area contributed by atoms with Crippen molar-refractivity contribution in [1.29, 1.82) is 0 Å². The van der Waals surface area contributed by atoms with Crippen LogP contribution in [0, 0.1) is 19.3 Å². The molecule has 0 unspecified atom stereocenters. The van der Waals surface area contributed by atoms with E-state index in [4.69, 9.17) is 6.42 Å². The maximum absolute atomic E-state index is 11.7. The molecule has 0 atom stereocenters. The number of amides is 1. The number of benzene rings is 1. The number of carbonyl (C=O) groups excluding carboxylic acids is 1. The summed E-state index contributed by atoms with van der Waals surface area (Å²) in [5.74, 6) is 2.48. The predicted octanol–water partition coefficient (Wildman–Crippen LogP) is 1.18. The number of aryl methyl sites for hydroxylation is 1. The number of terminal acetylenes is 1. The Balaban J connectivity index is 2.49. The minimum atomic E-state index is 0.0449. The zero-order valence-corrected chi connectivity index (χ0v) is 10.4. The fourth-order valence-electron chi connectivity index (χ4n) is 1.51. The Hall–Kier alpha value is -1.79. The zero-order valence-electron chi connectivity index (χ0n) is 10.4. The lowest BCUT2D eigenvalue weighted by Gasteiger charge is -2.18. The van der Waals surface area contributed by atoms with E-state index in [2.05, 4.69) is 11.2 Å². The zero-order chi connectivity index (χ0) is 12.7. The molecule has 3 heteroatoms. The third kappa shape index (κ3) is 4.29. The Morgan fingerprint density at radius 2 is 2.18 bits per heavy atom. The molecule has 3 nitrogen and oxygen atoms in total. The summed E-state index contributed by atoms with van der Waals surface area (Å²) in [5, 5.41) is 2.89. The van der Waals surface area contributed by atoms with Gasteiger partial charge in [-0.25, -0.2) is 0 Å². The van der Waals surface area contributed by atoms with Crippen molar-refractivity contribution >= 4 is 5.91 Å². The Kier molecular flexibility index (Phi) is 5.25. The molecule has 1 rings (SSSR count). The van der Waals surface area contributed by atoms with Gasteiger partial charge in [-0.1, -0.05) is 30.2 Å². The van der Waals surface area contributed by atoms with Crippen LogP contribution < -0.4 is 5.32 Å². The minimum Gasteiger partial charge on any atom is -0.340 e. The van der Waals surface area contributed by atoms with Gasteiger partial charge in [0.25, 0.3) is 0 Å². The molecule has 0 aliphatic rings. The number of carbonyl (C=O) groups is 1. The van der Waals surface area contributed by atoms with E-state index >= 15 is 0 Å². The summed E-state index contributed by atoms with van der Waals surface area (Å²) in [6, 6.07) is 8.06. The van der Waals surface area contributed by atoms with Crippen LogP contribution in [0.5, 0.6) is 0 Å². The SMILES string of the molecule is C#CCNCC(=O)N(C)Cc1ccccc1C. The van der Waals surface area contributed by atoms with Gasteiger partial charge in [0.2, 0.25) is 5.91 Å². The van der Waals surface area contributed by atoms with Crippen LogP contribution in [0.15, 0.2) is 24.3 Å². The van der Waals surface area contributed by atoms with Crippen LogP contribution in [0.2, 0.25) is 0 Å². The molecule has 0 spiro atoms. The standard InChI is InChI=1S/C14H18N2O/c1-4-9-15-10-14(17)16(3)11-13-8-6-5-7-12(13)2/h1,5-8,15H,9-11H2,2-3H3. The van der Waals surface area contributed by atoms with Gasteiger partial charge in [-0.05, 0) is 18.1 Å². The summed E-state index contributed by atoms with van der Waals surface area (Å²) in [5.41, 5.74) is 2.36. The first-order chi connectivity index (χ1) is 8.15. The second-order valence-electron chi connectivity index (χ2n) is 3.98. The van der Waals surface area contributed by atoms with Gasteiger partial charge in [-0.2, -0.15) is 0 Å². The highest BCUT2D eigenvalue weighted by atomic mass is 16.2. The summed E-state index contributed by atoms with van der Waals surface area (Å²) in [4.78, 5) is 13.4. The molecule has 17 heavy (non-hydrogen) atoms. The van der Waals surface area contributed by atoms with Crippen LogP contribution in [0.1, 0.15) is 11.1 Å². The molecule has 1 N–H and O–H groups in total. The number of hydrogen-bond donors (Lipinski definition) is 1. The molecule has 0 fully saturated rings. The lowest BCUT2D eigenvalue weighted by molar-refractivity contribution is -0.129. The number of rotatable bonds is 5. The van der Waals surface area contributed by atoms with E-state index in [1.807, 2.05) is 31.2 Å². The maximum atomic E-state index is 11.7. The molecule has 1 aromatic rings. The minimum absolute atomic E-state index is 0.0449. The fraction of sp³-hybridized carbons (Fsp3) is 0.357. The molecule has 90 valence electrons. The van der Waals surface area contributed by atoms with Crippen LogP contribution in [-0.2, 0) is 11.3 Å². The molecule has 0 aliphatic carbocycles. The number of nitrogens with one attached hydrogen (secondary N) is 1. The van der Waals surface area contributed by atoms with Gasteiger partial charge in [0.1, 0.15) is 0 Å². The first-order valence-corrected chi connectivity index (χ1v) is 5.57. The molecular weight excluding hydrogens is 212 g/mol. The lowest BCUT2D eigenvalue weighted by Crippen LogP contribution is -2.35. The highest BCUT2D eigenvalue weighted by Crippen LogP contribution is 2.09. The van der Waals surface area contributed by atoms with Crippen molar-refractivity contribution in [3.8, 4) is 12.3 Å². The quantitative estimate of drug-likeness (QED) is 0.608. The predicted molar refractivity (Wildman–Crippen MR) is 69.4 cm³/mol. The Labute approximate surface area is 103 Å². The van der Waals surface area contributed by atoms with Crippen molar-refractivity contribution in [2.45, 2.75) is 13.5 Å². The van der Waals surface area contributed by atoms with E-state index in [0.717, 1.165) is 0 Å². The fourth-order valence-corrected chi connectivity index (χ4v) is 1.51. The summed E-state index contributed by atoms with van der Waals surface area (Å²) < 4.78 is 0. The molecule has 0 heterocycles. The van der Waals surface area contributed by atoms with Gasteiger partial charge in [-0.15, -0.1) is 6.42 Å². The average Bonchev–Trinajstić information content (AvgIpc) is 2.32. The summed E-state index contributed by atoms with van der Waals surface area (Å²) >= 11 is 0. The van der Waals surface area contributed by atoms with Crippen LogP contribution in [0.3, 0.4) is 0 Å². The van der Waals surface area contributed by atoms with E-state index < -0.39 is 0 Å². The lowest BCUT2D eigenvalue weighted by atomic mass is 10.1. The number of nitrogens with zero attached hydrogens (tertiary/aromatic N) is 1. The normalized spacial score (nSPS) is 9.71. The number of hydrogen-bond acceptors (Lipinski definition) is 2. The van der Waals surface area contributed by atoms with Gasteiger partial charge in [0.05, 0.1) is 13.1 Å². The highest BCUT2D eigenvalue weighted by molar-refractivity contribution is 5.78.